The second-order valence-electron chi connectivity index (χ2n) is 6.45. The summed E-state index contributed by atoms with van der Waals surface area (Å²) in [6, 6.07) is 14.8. The van der Waals surface area contributed by atoms with Crippen molar-refractivity contribution in [3.05, 3.63) is 85.4 Å². The SMILES string of the molecule is Cc1nc(-c2ccc(CNC(=O)c3nn(-c4ccccc4)c(C)cc3=O)s2)cs1. The molecule has 146 valence electrons. The first kappa shape index (κ1) is 19.2. The van der Waals surface area contributed by atoms with Crippen LogP contribution >= 0.6 is 22.7 Å². The Balaban J connectivity index is 1.52. The van der Waals surface area contributed by atoms with Gasteiger partial charge in [0.2, 0.25) is 5.43 Å². The van der Waals surface area contributed by atoms with Crippen LogP contribution in [0.3, 0.4) is 0 Å². The first-order valence-electron chi connectivity index (χ1n) is 8.97. The van der Waals surface area contributed by atoms with Crippen molar-refractivity contribution in [2.24, 2.45) is 0 Å². The molecule has 0 fully saturated rings. The molecule has 0 atom stereocenters. The van der Waals surface area contributed by atoms with Crippen molar-refractivity contribution in [1.29, 1.82) is 0 Å². The summed E-state index contributed by atoms with van der Waals surface area (Å²) in [5.41, 5.74) is 1.89. The molecule has 0 aliphatic carbocycles. The Labute approximate surface area is 175 Å². The second kappa shape index (κ2) is 8.10. The average molecular weight is 423 g/mol. The number of nitrogens with zero attached hydrogens (tertiary/aromatic N) is 3. The van der Waals surface area contributed by atoms with Crippen LogP contribution in [0.25, 0.3) is 16.3 Å². The largest absolute Gasteiger partial charge is 0.346 e. The maximum Gasteiger partial charge on any atom is 0.276 e. The van der Waals surface area contributed by atoms with Crippen LogP contribution in [-0.2, 0) is 6.54 Å². The van der Waals surface area contributed by atoms with Crippen LogP contribution in [0.2, 0.25) is 0 Å². The third kappa shape index (κ3) is 4.18. The molecule has 6 nitrogen and oxygen atoms in total. The van der Waals surface area contributed by atoms with Crippen molar-refractivity contribution in [2.75, 3.05) is 0 Å². The fourth-order valence-corrected chi connectivity index (χ4v) is 4.47. The molecule has 4 aromatic rings. The van der Waals surface area contributed by atoms with E-state index in [0.717, 1.165) is 26.1 Å². The van der Waals surface area contributed by atoms with E-state index >= 15 is 0 Å². The van der Waals surface area contributed by atoms with E-state index in [0.29, 0.717) is 12.2 Å². The van der Waals surface area contributed by atoms with Gasteiger partial charge in [-0.1, -0.05) is 18.2 Å². The average Bonchev–Trinajstić information content (AvgIpc) is 3.36. The number of para-hydroxylation sites is 1. The zero-order chi connectivity index (χ0) is 20.4. The lowest BCUT2D eigenvalue weighted by molar-refractivity contribution is 0.0943. The van der Waals surface area contributed by atoms with Crippen LogP contribution in [-0.4, -0.2) is 20.7 Å². The standard InChI is InChI=1S/C21H18N4O2S2/c1-13-10-18(26)20(24-25(13)15-6-4-3-5-7-15)21(27)22-11-16-8-9-19(29-16)17-12-28-14(2)23-17/h3-10,12H,11H2,1-2H3,(H,22,27). The van der Waals surface area contributed by atoms with Gasteiger partial charge < -0.3 is 5.32 Å². The van der Waals surface area contributed by atoms with Crippen molar-refractivity contribution in [3.63, 3.8) is 0 Å². The molecule has 0 radical (unpaired) electrons. The topological polar surface area (TPSA) is 76.9 Å². The molecule has 0 spiro atoms. The van der Waals surface area contributed by atoms with Crippen LogP contribution in [0.4, 0.5) is 0 Å². The highest BCUT2D eigenvalue weighted by molar-refractivity contribution is 7.16. The van der Waals surface area contributed by atoms with Gasteiger partial charge in [-0.3, -0.25) is 9.59 Å². The Hall–Kier alpha value is -3.10. The normalized spacial score (nSPS) is 10.8. The van der Waals surface area contributed by atoms with Crippen LogP contribution in [0, 0.1) is 13.8 Å². The number of aromatic nitrogens is 3. The molecule has 0 saturated heterocycles. The van der Waals surface area contributed by atoms with E-state index in [2.05, 4.69) is 15.4 Å². The summed E-state index contributed by atoms with van der Waals surface area (Å²) in [4.78, 5) is 31.5. The number of aryl methyl sites for hydroxylation is 2. The number of thiophene rings is 1. The Morgan fingerprint density at radius 2 is 1.93 bits per heavy atom. The van der Waals surface area contributed by atoms with Crippen molar-refractivity contribution in [1.82, 2.24) is 20.1 Å². The van der Waals surface area contributed by atoms with E-state index in [1.54, 1.807) is 34.3 Å². The Morgan fingerprint density at radius 1 is 1.14 bits per heavy atom. The summed E-state index contributed by atoms with van der Waals surface area (Å²) in [6.45, 7) is 4.09. The predicted octanol–water partition coefficient (Wildman–Crippen LogP) is 3.96. The molecular formula is C21H18N4O2S2. The molecule has 29 heavy (non-hydrogen) atoms. The smallest absolute Gasteiger partial charge is 0.276 e. The van der Waals surface area contributed by atoms with Gasteiger partial charge in [0.15, 0.2) is 5.69 Å². The van der Waals surface area contributed by atoms with E-state index in [-0.39, 0.29) is 5.69 Å². The zero-order valence-electron chi connectivity index (χ0n) is 15.9. The van der Waals surface area contributed by atoms with Gasteiger partial charge in [0, 0.05) is 22.0 Å². The number of carbonyl (C=O) groups excluding carboxylic acids is 1. The number of hydrogen-bond acceptors (Lipinski definition) is 6. The lowest BCUT2D eigenvalue weighted by Crippen LogP contribution is -2.31. The zero-order valence-corrected chi connectivity index (χ0v) is 17.5. The van der Waals surface area contributed by atoms with Gasteiger partial charge in [0.25, 0.3) is 5.91 Å². The highest BCUT2D eigenvalue weighted by Gasteiger charge is 2.16. The summed E-state index contributed by atoms with van der Waals surface area (Å²) in [6.07, 6.45) is 0. The van der Waals surface area contributed by atoms with Gasteiger partial charge in [0.05, 0.1) is 27.8 Å². The number of nitrogens with one attached hydrogen (secondary N) is 1. The predicted molar refractivity (Wildman–Crippen MR) is 116 cm³/mol. The Kier molecular flexibility index (Phi) is 5.37. The Bertz CT molecular complexity index is 1220. The molecule has 3 heterocycles. The first-order valence-corrected chi connectivity index (χ1v) is 10.7. The summed E-state index contributed by atoms with van der Waals surface area (Å²) in [5, 5.41) is 10.1. The van der Waals surface area contributed by atoms with Gasteiger partial charge in [0.1, 0.15) is 0 Å². The minimum absolute atomic E-state index is 0.119. The van der Waals surface area contributed by atoms with Gasteiger partial charge in [-0.05, 0) is 38.1 Å². The number of carbonyl (C=O) groups is 1. The molecule has 0 bridgehead atoms. The molecule has 1 N–H and O–H groups in total. The highest BCUT2D eigenvalue weighted by atomic mass is 32.1. The molecule has 0 aliphatic heterocycles. The third-order valence-electron chi connectivity index (χ3n) is 4.28. The molecule has 4 rings (SSSR count). The third-order valence-corrected chi connectivity index (χ3v) is 6.16. The minimum Gasteiger partial charge on any atom is -0.346 e. The second-order valence-corrected chi connectivity index (χ2v) is 8.68. The van der Waals surface area contributed by atoms with Crippen molar-refractivity contribution >= 4 is 28.6 Å². The monoisotopic (exact) mass is 422 g/mol. The molecule has 1 aromatic carbocycles. The Morgan fingerprint density at radius 3 is 2.66 bits per heavy atom. The molecule has 3 aromatic heterocycles. The van der Waals surface area contributed by atoms with Crippen LogP contribution in [0.15, 0.2) is 58.7 Å². The van der Waals surface area contributed by atoms with Crippen LogP contribution < -0.4 is 10.7 Å². The molecular weight excluding hydrogens is 404 g/mol. The van der Waals surface area contributed by atoms with Gasteiger partial charge in [-0.25, -0.2) is 9.67 Å². The quantitative estimate of drug-likeness (QED) is 0.528. The number of amides is 1. The maximum absolute atomic E-state index is 12.6. The fourth-order valence-electron chi connectivity index (χ4n) is 2.87. The number of hydrogen-bond donors (Lipinski definition) is 1. The molecule has 0 unspecified atom stereocenters. The lowest BCUT2D eigenvalue weighted by atomic mass is 10.2. The highest BCUT2D eigenvalue weighted by Crippen LogP contribution is 2.28. The van der Waals surface area contributed by atoms with Crippen molar-refractivity contribution in [2.45, 2.75) is 20.4 Å². The summed E-state index contributed by atoms with van der Waals surface area (Å²) in [7, 11) is 0. The molecule has 8 heteroatoms. The number of thiazole rings is 1. The summed E-state index contributed by atoms with van der Waals surface area (Å²) in [5.74, 6) is -0.487. The fraction of sp³-hybridized carbons (Fsp3) is 0.143. The van der Waals surface area contributed by atoms with E-state index in [4.69, 9.17) is 0 Å². The first-order chi connectivity index (χ1) is 14.0. The van der Waals surface area contributed by atoms with Crippen molar-refractivity contribution < 1.29 is 4.79 Å². The molecule has 0 aliphatic rings. The van der Waals surface area contributed by atoms with Crippen molar-refractivity contribution in [3.8, 4) is 16.3 Å². The van der Waals surface area contributed by atoms with E-state index in [1.165, 1.54) is 6.07 Å². The van der Waals surface area contributed by atoms with Crippen LogP contribution in [0.1, 0.15) is 26.1 Å². The number of rotatable bonds is 5. The van der Waals surface area contributed by atoms with E-state index in [1.807, 2.05) is 54.8 Å². The summed E-state index contributed by atoms with van der Waals surface area (Å²) < 4.78 is 1.60. The maximum atomic E-state index is 12.6. The number of benzene rings is 1. The van der Waals surface area contributed by atoms with Gasteiger partial charge >= 0.3 is 0 Å². The summed E-state index contributed by atoms with van der Waals surface area (Å²) >= 11 is 3.18. The van der Waals surface area contributed by atoms with E-state index in [9.17, 15) is 9.59 Å². The van der Waals surface area contributed by atoms with Gasteiger partial charge in [-0.15, -0.1) is 22.7 Å². The molecule has 1 amide bonds. The van der Waals surface area contributed by atoms with Gasteiger partial charge in [-0.2, -0.15) is 5.10 Å². The minimum atomic E-state index is -0.487. The lowest BCUT2D eigenvalue weighted by Gasteiger charge is -2.11. The molecule has 0 saturated carbocycles. The van der Waals surface area contributed by atoms with Crippen LogP contribution in [0.5, 0.6) is 0 Å². The van der Waals surface area contributed by atoms with E-state index < -0.39 is 11.3 Å².